The standard InChI is InChI=1S/C25H33ClFN5O6/c1-24(2,3)37-21(34)16-11-29-8-9-30(16)19-15(27)10-14(26)18-17(19)20(33)31(12-25(4,5)38-22(28)35)23(36)32(18)13-6-7-13/h10,13,16,29H,6-9,11-12H2,1-5H3,(H2,28,35). The molecule has 1 aromatic carbocycles. The number of halogens is 2. The van der Waals surface area contributed by atoms with Gasteiger partial charge in [-0.1, -0.05) is 11.6 Å². The second-order valence-electron chi connectivity index (χ2n) is 11.3. The summed E-state index contributed by atoms with van der Waals surface area (Å²) in [6.45, 7) is 8.63. The molecule has 208 valence electrons. The highest BCUT2D eigenvalue weighted by Crippen LogP contribution is 2.40. The van der Waals surface area contributed by atoms with Crippen LogP contribution in [0.5, 0.6) is 0 Å². The van der Waals surface area contributed by atoms with E-state index >= 15 is 4.39 Å². The molecule has 1 saturated carbocycles. The van der Waals surface area contributed by atoms with Crippen LogP contribution in [0, 0.1) is 5.82 Å². The molecular formula is C25H33ClFN5O6. The number of fused-ring (bicyclic) bond motifs is 1. The lowest BCUT2D eigenvalue weighted by Crippen LogP contribution is -2.57. The van der Waals surface area contributed by atoms with Gasteiger partial charge in [0.2, 0.25) is 0 Å². The summed E-state index contributed by atoms with van der Waals surface area (Å²) in [7, 11) is 0. The Hall–Kier alpha value is -3.12. The highest BCUT2D eigenvalue weighted by molar-refractivity contribution is 6.35. The summed E-state index contributed by atoms with van der Waals surface area (Å²) < 4.78 is 28.8. The molecule has 1 aromatic heterocycles. The van der Waals surface area contributed by atoms with Crippen molar-refractivity contribution in [1.29, 1.82) is 0 Å². The number of primary amides is 1. The van der Waals surface area contributed by atoms with Gasteiger partial charge >= 0.3 is 17.8 Å². The van der Waals surface area contributed by atoms with E-state index in [0.717, 1.165) is 10.6 Å². The van der Waals surface area contributed by atoms with E-state index in [2.05, 4.69) is 5.32 Å². The zero-order valence-corrected chi connectivity index (χ0v) is 22.9. The first kappa shape index (κ1) is 27.9. The number of nitrogens with one attached hydrogen (secondary N) is 1. The van der Waals surface area contributed by atoms with Gasteiger partial charge in [-0.05, 0) is 53.5 Å². The maximum Gasteiger partial charge on any atom is 0.405 e. The minimum absolute atomic E-state index is 0.0916. The fourth-order valence-electron chi connectivity index (χ4n) is 4.81. The van der Waals surface area contributed by atoms with Gasteiger partial charge in [-0.3, -0.25) is 13.9 Å². The summed E-state index contributed by atoms with van der Waals surface area (Å²) in [5.74, 6) is -1.39. The predicted octanol–water partition coefficient (Wildman–Crippen LogP) is 2.28. The third-order valence-electron chi connectivity index (χ3n) is 6.35. The molecule has 4 rings (SSSR count). The van der Waals surface area contributed by atoms with Crippen LogP contribution >= 0.6 is 11.6 Å². The summed E-state index contributed by atoms with van der Waals surface area (Å²) in [5.41, 5.74) is 1.56. The Bertz CT molecular complexity index is 1410. The van der Waals surface area contributed by atoms with Crippen LogP contribution in [0.2, 0.25) is 5.02 Å². The van der Waals surface area contributed by atoms with E-state index in [1.165, 1.54) is 23.3 Å². The zero-order valence-electron chi connectivity index (χ0n) is 22.1. The molecule has 0 bridgehead atoms. The maximum absolute atomic E-state index is 15.8. The van der Waals surface area contributed by atoms with Gasteiger partial charge in [0.25, 0.3) is 5.56 Å². The van der Waals surface area contributed by atoms with Gasteiger partial charge in [0.05, 0.1) is 28.2 Å². The number of amides is 1. The molecule has 0 radical (unpaired) electrons. The van der Waals surface area contributed by atoms with Gasteiger partial charge in [0.15, 0.2) is 0 Å². The Morgan fingerprint density at radius 1 is 1.18 bits per heavy atom. The average Bonchev–Trinajstić information content (AvgIpc) is 3.60. The van der Waals surface area contributed by atoms with Crippen molar-refractivity contribution in [3.63, 3.8) is 0 Å². The Kier molecular flexibility index (Phi) is 7.26. The first-order valence-corrected chi connectivity index (χ1v) is 12.8. The van der Waals surface area contributed by atoms with Crippen molar-refractivity contribution < 1.29 is 23.5 Å². The number of aromatic nitrogens is 2. The van der Waals surface area contributed by atoms with Crippen molar-refractivity contribution in [3.8, 4) is 0 Å². The van der Waals surface area contributed by atoms with Crippen LogP contribution < -0.4 is 27.2 Å². The van der Waals surface area contributed by atoms with E-state index < -0.39 is 46.4 Å². The lowest BCUT2D eigenvalue weighted by Gasteiger charge is -2.38. The fourth-order valence-corrected chi connectivity index (χ4v) is 5.10. The molecule has 1 aliphatic heterocycles. The van der Waals surface area contributed by atoms with E-state index in [1.54, 1.807) is 20.8 Å². The number of hydrogen-bond acceptors (Lipinski definition) is 8. The van der Waals surface area contributed by atoms with Gasteiger partial charge in [-0.25, -0.2) is 18.8 Å². The van der Waals surface area contributed by atoms with Crippen molar-refractivity contribution in [2.75, 3.05) is 24.5 Å². The highest BCUT2D eigenvalue weighted by Gasteiger charge is 2.38. The SMILES string of the molecule is CC(C)(C)OC(=O)C1CNCCN1c1c(F)cc(Cl)c2c1c(=O)n(CC(C)(C)OC(N)=O)c(=O)n2C1CC1. The highest BCUT2D eigenvalue weighted by atomic mass is 35.5. The molecule has 3 N–H and O–H groups in total. The van der Waals surface area contributed by atoms with E-state index in [9.17, 15) is 19.2 Å². The predicted molar refractivity (Wildman–Crippen MR) is 140 cm³/mol. The molecule has 11 nitrogen and oxygen atoms in total. The number of esters is 1. The molecule has 13 heteroatoms. The topological polar surface area (TPSA) is 138 Å². The summed E-state index contributed by atoms with van der Waals surface area (Å²) in [5, 5.41) is 2.89. The summed E-state index contributed by atoms with van der Waals surface area (Å²) in [6, 6.07) is -0.113. The van der Waals surface area contributed by atoms with Crippen LogP contribution in [-0.2, 0) is 20.8 Å². The maximum atomic E-state index is 15.8. The van der Waals surface area contributed by atoms with E-state index in [0.29, 0.717) is 19.4 Å². The molecule has 1 amide bonds. The Morgan fingerprint density at radius 2 is 1.84 bits per heavy atom. The number of carbonyl (C=O) groups excluding carboxylic acids is 2. The van der Waals surface area contributed by atoms with Crippen molar-refractivity contribution in [3.05, 3.63) is 37.7 Å². The quantitative estimate of drug-likeness (QED) is 0.520. The van der Waals surface area contributed by atoms with Crippen molar-refractivity contribution >= 4 is 40.3 Å². The molecule has 38 heavy (non-hydrogen) atoms. The monoisotopic (exact) mass is 553 g/mol. The normalized spacial score (nSPS) is 18.5. The van der Waals surface area contributed by atoms with Crippen molar-refractivity contribution in [2.24, 2.45) is 5.73 Å². The molecule has 1 aliphatic carbocycles. The van der Waals surface area contributed by atoms with Crippen LogP contribution in [0.25, 0.3) is 10.9 Å². The Morgan fingerprint density at radius 3 is 2.42 bits per heavy atom. The number of rotatable bonds is 6. The summed E-state index contributed by atoms with van der Waals surface area (Å²) in [6.07, 6.45) is 0.277. The first-order valence-electron chi connectivity index (χ1n) is 12.5. The number of carbonyl (C=O) groups is 2. The second-order valence-corrected chi connectivity index (χ2v) is 11.7. The van der Waals surface area contributed by atoms with Gasteiger partial charge in [-0.2, -0.15) is 0 Å². The smallest absolute Gasteiger partial charge is 0.405 e. The third kappa shape index (κ3) is 5.51. The average molecular weight is 554 g/mol. The molecule has 1 atom stereocenters. The number of anilines is 1. The molecule has 0 spiro atoms. The molecule has 1 unspecified atom stereocenters. The van der Waals surface area contributed by atoms with Crippen molar-refractivity contribution in [2.45, 2.75) is 77.3 Å². The van der Waals surface area contributed by atoms with Crippen LogP contribution in [0.4, 0.5) is 14.9 Å². The van der Waals surface area contributed by atoms with Crippen LogP contribution in [-0.4, -0.2) is 58.1 Å². The second kappa shape index (κ2) is 9.88. The van der Waals surface area contributed by atoms with E-state index in [1.807, 2.05) is 0 Å². The minimum Gasteiger partial charge on any atom is -0.458 e. The fraction of sp³-hybridized carbons (Fsp3) is 0.600. The van der Waals surface area contributed by atoms with Gasteiger partial charge < -0.3 is 25.4 Å². The third-order valence-corrected chi connectivity index (χ3v) is 6.64. The molecule has 1 saturated heterocycles. The number of benzene rings is 1. The zero-order chi connectivity index (χ0) is 28.2. The largest absolute Gasteiger partial charge is 0.458 e. The number of hydrogen-bond donors (Lipinski definition) is 2. The Labute approximate surface area is 223 Å². The van der Waals surface area contributed by atoms with Gasteiger partial charge in [0.1, 0.15) is 23.1 Å². The number of nitrogens with two attached hydrogens (primary N) is 1. The minimum atomic E-state index is -1.32. The molecule has 2 fully saturated rings. The molecule has 2 heterocycles. The lowest BCUT2D eigenvalue weighted by molar-refractivity contribution is -0.156. The van der Waals surface area contributed by atoms with Crippen LogP contribution in [0.3, 0.4) is 0 Å². The Balaban J connectivity index is 2.00. The van der Waals surface area contributed by atoms with E-state index in [-0.39, 0.29) is 47.3 Å². The van der Waals surface area contributed by atoms with Crippen LogP contribution in [0.1, 0.15) is 53.5 Å². The first-order chi connectivity index (χ1) is 17.6. The number of nitrogens with zero attached hydrogens (tertiary/aromatic N) is 3. The number of ether oxygens (including phenoxy) is 2. The number of piperazine rings is 1. The molecule has 2 aromatic rings. The van der Waals surface area contributed by atoms with E-state index in [4.69, 9.17) is 26.8 Å². The van der Waals surface area contributed by atoms with Gasteiger partial charge in [-0.15, -0.1) is 0 Å². The summed E-state index contributed by atoms with van der Waals surface area (Å²) >= 11 is 6.48. The van der Waals surface area contributed by atoms with Crippen molar-refractivity contribution in [1.82, 2.24) is 14.5 Å². The summed E-state index contributed by atoms with van der Waals surface area (Å²) in [4.78, 5) is 53.6. The lowest BCUT2D eigenvalue weighted by atomic mass is 10.1. The van der Waals surface area contributed by atoms with Crippen LogP contribution in [0.15, 0.2) is 15.7 Å². The van der Waals surface area contributed by atoms with Gasteiger partial charge in [0, 0.05) is 25.7 Å². The molecular weight excluding hydrogens is 521 g/mol. The molecule has 2 aliphatic rings.